The molecule has 5 heteroatoms. The fraction of sp³-hybridized carbons (Fsp3) is 0.357. The lowest BCUT2D eigenvalue weighted by Crippen LogP contribution is -2.04. The number of halogens is 3. The van der Waals surface area contributed by atoms with Crippen LogP contribution in [0.15, 0.2) is 36.8 Å². The molecule has 0 saturated heterocycles. The molecule has 0 aliphatic rings. The van der Waals surface area contributed by atoms with Crippen molar-refractivity contribution in [3.63, 3.8) is 0 Å². The van der Waals surface area contributed by atoms with Crippen molar-refractivity contribution >= 4 is 0 Å². The Morgan fingerprint density at radius 1 is 1.16 bits per heavy atom. The van der Waals surface area contributed by atoms with Crippen LogP contribution in [0, 0.1) is 0 Å². The van der Waals surface area contributed by atoms with Gasteiger partial charge in [-0.2, -0.15) is 13.2 Å². The first-order valence-electron chi connectivity index (χ1n) is 6.21. The fourth-order valence-electron chi connectivity index (χ4n) is 1.83. The second-order valence-corrected chi connectivity index (χ2v) is 4.43. The minimum Gasteiger partial charge on any atom is -0.306 e. The van der Waals surface area contributed by atoms with Crippen molar-refractivity contribution in [2.75, 3.05) is 0 Å². The first kappa shape index (κ1) is 13.6. The Morgan fingerprint density at radius 3 is 2.37 bits per heavy atom. The van der Waals surface area contributed by atoms with Crippen LogP contribution in [-0.4, -0.2) is 9.55 Å². The number of aryl methyl sites for hydroxylation is 1. The summed E-state index contributed by atoms with van der Waals surface area (Å²) in [5.41, 5.74) is 1.01. The van der Waals surface area contributed by atoms with Gasteiger partial charge in [0.25, 0.3) is 0 Å². The van der Waals surface area contributed by atoms with Gasteiger partial charge in [0.2, 0.25) is 0 Å². The molecule has 1 aromatic carbocycles. The SMILES string of the molecule is CCCCc1ccc(-n2cnc(C(F)(F)F)c2)cc1. The number of rotatable bonds is 4. The minimum absolute atomic E-state index is 0.684. The molecule has 0 saturated carbocycles. The maximum Gasteiger partial charge on any atom is 0.434 e. The van der Waals surface area contributed by atoms with Crippen LogP contribution >= 0.6 is 0 Å². The highest BCUT2D eigenvalue weighted by Crippen LogP contribution is 2.28. The van der Waals surface area contributed by atoms with Gasteiger partial charge in [0, 0.05) is 11.9 Å². The van der Waals surface area contributed by atoms with E-state index >= 15 is 0 Å². The Morgan fingerprint density at radius 2 is 1.84 bits per heavy atom. The maximum absolute atomic E-state index is 12.4. The summed E-state index contributed by atoms with van der Waals surface area (Å²) in [4.78, 5) is 3.37. The summed E-state index contributed by atoms with van der Waals surface area (Å²) >= 11 is 0. The molecule has 19 heavy (non-hydrogen) atoms. The zero-order valence-corrected chi connectivity index (χ0v) is 10.6. The summed E-state index contributed by atoms with van der Waals surface area (Å²) in [7, 11) is 0. The van der Waals surface area contributed by atoms with E-state index in [1.807, 2.05) is 24.3 Å². The van der Waals surface area contributed by atoms with Gasteiger partial charge in [0.05, 0.1) is 6.33 Å². The van der Waals surface area contributed by atoms with E-state index in [9.17, 15) is 13.2 Å². The average molecular weight is 268 g/mol. The second-order valence-electron chi connectivity index (χ2n) is 4.43. The van der Waals surface area contributed by atoms with E-state index < -0.39 is 11.9 Å². The number of aromatic nitrogens is 2. The number of benzene rings is 1. The van der Waals surface area contributed by atoms with Gasteiger partial charge in [-0.15, -0.1) is 0 Å². The Balaban J connectivity index is 2.16. The molecule has 1 aromatic heterocycles. The molecule has 0 spiro atoms. The summed E-state index contributed by atoms with van der Waals surface area (Å²) in [6.45, 7) is 2.12. The molecule has 1 heterocycles. The zero-order valence-electron chi connectivity index (χ0n) is 10.6. The molecule has 2 rings (SSSR count). The maximum atomic E-state index is 12.4. The van der Waals surface area contributed by atoms with Crippen LogP contribution in [0.5, 0.6) is 0 Å². The summed E-state index contributed by atoms with van der Waals surface area (Å²) in [5, 5.41) is 0. The Labute approximate surface area is 109 Å². The van der Waals surface area contributed by atoms with Crippen LogP contribution in [0.1, 0.15) is 31.0 Å². The van der Waals surface area contributed by atoms with Gasteiger partial charge in [-0.25, -0.2) is 4.98 Å². The lowest BCUT2D eigenvalue weighted by Gasteiger charge is -2.04. The number of alkyl halides is 3. The van der Waals surface area contributed by atoms with Crippen molar-refractivity contribution in [2.45, 2.75) is 32.4 Å². The zero-order chi connectivity index (χ0) is 13.9. The van der Waals surface area contributed by atoms with E-state index in [1.165, 1.54) is 16.5 Å². The summed E-state index contributed by atoms with van der Waals surface area (Å²) < 4.78 is 38.7. The third kappa shape index (κ3) is 3.36. The number of imidazole rings is 1. The van der Waals surface area contributed by atoms with E-state index in [0.717, 1.165) is 25.5 Å². The Bertz CT molecular complexity index is 526. The van der Waals surface area contributed by atoms with E-state index in [2.05, 4.69) is 11.9 Å². The third-order valence-corrected chi connectivity index (χ3v) is 2.93. The van der Waals surface area contributed by atoms with Crippen molar-refractivity contribution in [3.05, 3.63) is 48.0 Å². The molecular formula is C14H15F3N2. The van der Waals surface area contributed by atoms with Gasteiger partial charge in [-0.1, -0.05) is 25.5 Å². The van der Waals surface area contributed by atoms with E-state index in [-0.39, 0.29) is 0 Å². The number of hydrogen-bond donors (Lipinski definition) is 0. The molecule has 0 N–H and O–H groups in total. The first-order valence-corrected chi connectivity index (χ1v) is 6.21. The molecule has 0 aliphatic heterocycles. The van der Waals surface area contributed by atoms with Crippen LogP contribution in [0.2, 0.25) is 0 Å². The van der Waals surface area contributed by atoms with Gasteiger partial charge in [0.1, 0.15) is 0 Å². The highest BCUT2D eigenvalue weighted by atomic mass is 19.4. The van der Waals surface area contributed by atoms with Crippen molar-refractivity contribution in [1.29, 1.82) is 0 Å². The largest absolute Gasteiger partial charge is 0.434 e. The number of nitrogens with zero attached hydrogens (tertiary/aromatic N) is 2. The molecule has 0 fully saturated rings. The predicted octanol–water partition coefficient (Wildman–Crippen LogP) is 4.23. The predicted molar refractivity (Wildman–Crippen MR) is 67.2 cm³/mol. The normalized spacial score (nSPS) is 11.8. The molecule has 102 valence electrons. The molecule has 0 atom stereocenters. The van der Waals surface area contributed by atoms with Gasteiger partial charge < -0.3 is 4.57 Å². The molecule has 0 aliphatic carbocycles. The fourth-order valence-corrected chi connectivity index (χ4v) is 1.83. The molecule has 0 radical (unpaired) electrons. The van der Waals surface area contributed by atoms with Crippen molar-refractivity contribution < 1.29 is 13.2 Å². The Hall–Kier alpha value is -1.78. The second kappa shape index (κ2) is 5.47. The quantitative estimate of drug-likeness (QED) is 0.811. The van der Waals surface area contributed by atoms with Crippen LogP contribution in [-0.2, 0) is 12.6 Å². The number of hydrogen-bond acceptors (Lipinski definition) is 1. The molecular weight excluding hydrogens is 253 g/mol. The number of unbranched alkanes of at least 4 members (excludes halogenated alkanes) is 1. The monoisotopic (exact) mass is 268 g/mol. The first-order chi connectivity index (χ1) is 9.00. The lowest BCUT2D eigenvalue weighted by molar-refractivity contribution is -0.140. The van der Waals surface area contributed by atoms with E-state index in [0.29, 0.717) is 5.69 Å². The summed E-state index contributed by atoms with van der Waals surface area (Å²) in [6, 6.07) is 7.51. The molecule has 2 nitrogen and oxygen atoms in total. The van der Waals surface area contributed by atoms with Crippen LogP contribution in [0.3, 0.4) is 0 Å². The summed E-state index contributed by atoms with van der Waals surface area (Å²) in [6.07, 6.45) is 1.02. The van der Waals surface area contributed by atoms with E-state index in [4.69, 9.17) is 0 Å². The van der Waals surface area contributed by atoms with Crippen molar-refractivity contribution in [3.8, 4) is 5.69 Å². The highest BCUT2D eigenvalue weighted by molar-refractivity contribution is 5.35. The van der Waals surface area contributed by atoms with Gasteiger partial charge in [-0.3, -0.25) is 0 Å². The highest BCUT2D eigenvalue weighted by Gasteiger charge is 2.33. The summed E-state index contributed by atoms with van der Waals surface area (Å²) in [5.74, 6) is 0. The smallest absolute Gasteiger partial charge is 0.306 e. The standard InChI is InChI=1S/C14H15F3N2/c1-2-3-4-11-5-7-12(8-6-11)19-9-13(18-10-19)14(15,16)17/h5-10H,2-4H2,1H3. The van der Waals surface area contributed by atoms with Crippen molar-refractivity contribution in [1.82, 2.24) is 9.55 Å². The van der Waals surface area contributed by atoms with Crippen LogP contribution in [0.25, 0.3) is 5.69 Å². The molecule has 2 aromatic rings. The minimum atomic E-state index is -4.40. The average Bonchev–Trinajstić information content (AvgIpc) is 2.86. The molecule has 0 unspecified atom stereocenters. The Kier molecular flexibility index (Phi) is 3.93. The third-order valence-electron chi connectivity index (χ3n) is 2.93. The molecule has 0 amide bonds. The van der Waals surface area contributed by atoms with Gasteiger partial charge >= 0.3 is 6.18 Å². The molecule has 0 bridgehead atoms. The van der Waals surface area contributed by atoms with Crippen LogP contribution in [0.4, 0.5) is 13.2 Å². The van der Waals surface area contributed by atoms with Gasteiger partial charge in [0.15, 0.2) is 5.69 Å². The van der Waals surface area contributed by atoms with Crippen molar-refractivity contribution in [2.24, 2.45) is 0 Å². The van der Waals surface area contributed by atoms with Crippen LogP contribution < -0.4 is 0 Å². The topological polar surface area (TPSA) is 17.8 Å². The lowest BCUT2D eigenvalue weighted by atomic mass is 10.1. The van der Waals surface area contributed by atoms with Gasteiger partial charge in [-0.05, 0) is 30.5 Å². The van der Waals surface area contributed by atoms with E-state index in [1.54, 1.807) is 0 Å².